The molecule has 0 spiro atoms. The van der Waals surface area contributed by atoms with Crippen LogP contribution in [0.15, 0.2) is 69.9 Å². The molecule has 8 heteroatoms. The van der Waals surface area contributed by atoms with Crippen molar-refractivity contribution in [3.63, 3.8) is 0 Å². The average Bonchev–Trinajstić information content (AvgIpc) is 3.21. The number of benzene rings is 2. The number of thiophene rings is 1. The fourth-order valence-corrected chi connectivity index (χ4v) is 4.94. The Kier molecular flexibility index (Phi) is 5.94. The maximum absolute atomic E-state index is 13.2. The molecule has 2 aromatic carbocycles. The van der Waals surface area contributed by atoms with E-state index in [0.29, 0.717) is 26.1 Å². The van der Waals surface area contributed by atoms with Crippen molar-refractivity contribution in [1.29, 1.82) is 0 Å². The number of carbonyl (C=O) groups excluding carboxylic acids is 1. The predicted octanol–water partition coefficient (Wildman–Crippen LogP) is 5.16. The number of halogens is 1. The molecule has 30 heavy (non-hydrogen) atoms. The molecule has 0 radical (unpaired) electrons. The summed E-state index contributed by atoms with van der Waals surface area (Å²) in [6.45, 7) is 1.98. The molecule has 0 N–H and O–H groups in total. The van der Waals surface area contributed by atoms with Gasteiger partial charge in [0.1, 0.15) is 4.70 Å². The second-order valence-electron chi connectivity index (χ2n) is 6.70. The van der Waals surface area contributed by atoms with E-state index in [2.05, 4.69) is 4.98 Å². The molecule has 5 nitrogen and oxygen atoms in total. The number of hydrogen-bond acceptors (Lipinski definition) is 5. The molecule has 4 rings (SSSR count). The van der Waals surface area contributed by atoms with Crippen LogP contribution in [0.3, 0.4) is 0 Å². The van der Waals surface area contributed by atoms with E-state index in [1.54, 1.807) is 30.1 Å². The summed E-state index contributed by atoms with van der Waals surface area (Å²) >= 11 is 8.93. The van der Waals surface area contributed by atoms with Crippen molar-refractivity contribution in [2.75, 3.05) is 17.7 Å². The number of hydrogen-bond donors (Lipinski definition) is 0. The molecule has 0 aliphatic heterocycles. The Labute approximate surface area is 186 Å². The Morgan fingerprint density at radius 3 is 2.77 bits per heavy atom. The van der Waals surface area contributed by atoms with Gasteiger partial charge in [0.15, 0.2) is 5.16 Å². The summed E-state index contributed by atoms with van der Waals surface area (Å²) in [6.07, 6.45) is 0. The minimum Gasteiger partial charge on any atom is -0.315 e. The van der Waals surface area contributed by atoms with Crippen LogP contribution in [0.2, 0.25) is 5.02 Å². The second kappa shape index (κ2) is 8.63. The van der Waals surface area contributed by atoms with Crippen molar-refractivity contribution < 1.29 is 4.79 Å². The molecule has 4 aromatic rings. The van der Waals surface area contributed by atoms with Crippen LogP contribution in [-0.2, 0) is 4.79 Å². The van der Waals surface area contributed by atoms with Gasteiger partial charge in [0.25, 0.3) is 5.56 Å². The Morgan fingerprint density at radius 1 is 1.20 bits per heavy atom. The number of fused-ring (bicyclic) bond motifs is 1. The van der Waals surface area contributed by atoms with Gasteiger partial charge in [-0.2, -0.15) is 0 Å². The van der Waals surface area contributed by atoms with Gasteiger partial charge in [-0.1, -0.05) is 47.6 Å². The van der Waals surface area contributed by atoms with Crippen molar-refractivity contribution in [3.8, 4) is 5.69 Å². The van der Waals surface area contributed by atoms with E-state index in [1.807, 2.05) is 48.7 Å². The second-order valence-corrected chi connectivity index (χ2v) is 8.97. The summed E-state index contributed by atoms with van der Waals surface area (Å²) in [7, 11) is 1.74. The first-order chi connectivity index (χ1) is 14.5. The Balaban J connectivity index is 1.69. The first-order valence-electron chi connectivity index (χ1n) is 9.17. The minimum absolute atomic E-state index is 0.0871. The number of aromatic nitrogens is 2. The third-order valence-corrected chi connectivity index (χ3v) is 6.76. The quantitative estimate of drug-likeness (QED) is 0.308. The zero-order valence-corrected chi connectivity index (χ0v) is 18.7. The molecule has 0 saturated heterocycles. The predicted molar refractivity (Wildman–Crippen MR) is 126 cm³/mol. The number of amides is 1. The van der Waals surface area contributed by atoms with E-state index < -0.39 is 0 Å². The molecular formula is C22H18ClN3O2S2. The maximum Gasteiger partial charge on any atom is 0.276 e. The summed E-state index contributed by atoms with van der Waals surface area (Å²) in [5.74, 6) is 0.0488. The molecule has 0 atom stereocenters. The lowest BCUT2D eigenvalue weighted by molar-refractivity contribution is -0.115. The van der Waals surface area contributed by atoms with Crippen LogP contribution >= 0.6 is 34.7 Å². The van der Waals surface area contributed by atoms with Crippen molar-refractivity contribution in [1.82, 2.24) is 9.55 Å². The molecule has 152 valence electrons. The monoisotopic (exact) mass is 455 g/mol. The van der Waals surface area contributed by atoms with Gasteiger partial charge in [0.05, 0.1) is 22.0 Å². The molecule has 0 fully saturated rings. The topological polar surface area (TPSA) is 55.2 Å². The number of carbonyl (C=O) groups is 1. The summed E-state index contributed by atoms with van der Waals surface area (Å²) in [4.78, 5) is 32.2. The lowest BCUT2D eigenvalue weighted by Crippen LogP contribution is -2.28. The van der Waals surface area contributed by atoms with E-state index in [1.165, 1.54) is 27.7 Å². The van der Waals surface area contributed by atoms with Crippen LogP contribution in [0.25, 0.3) is 15.9 Å². The van der Waals surface area contributed by atoms with E-state index in [-0.39, 0.29) is 17.2 Å². The molecule has 0 aliphatic carbocycles. The molecule has 0 saturated carbocycles. The van der Waals surface area contributed by atoms with Crippen molar-refractivity contribution in [3.05, 3.63) is 80.9 Å². The fourth-order valence-electron chi connectivity index (χ4n) is 3.04. The third-order valence-electron chi connectivity index (χ3n) is 4.63. The van der Waals surface area contributed by atoms with E-state index >= 15 is 0 Å². The van der Waals surface area contributed by atoms with E-state index in [9.17, 15) is 9.59 Å². The normalized spacial score (nSPS) is 11.0. The average molecular weight is 456 g/mol. The van der Waals surface area contributed by atoms with E-state index in [4.69, 9.17) is 11.6 Å². The summed E-state index contributed by atoms with van der Waals surface area (Å²) in [6, 6.07) is 16.7. The molecule has 0 unspecified atom stereocenters. The van der Waals surface area contributed by atoms with Gasteiger partial charge < -0.3 is 4.90 Å². The van der Waals surface area contributed by atoms with Gasteiger partial charge in [0, 0.05) is 12.7 Å². The van der Waals surface area contributed by atoms with Crippen LogP contribution in [-0.4, -0.2) is 28.3 Å². The van der Waals surface area contributed by atoms with Gasteiger partial charge in [-0.05, 0) is 48.2 Å². The highest BCUT2D eigenvalue weighted by Crippen LogP contribution is 2.27. The van der Waals surface area contributed by atoms with Gasteiger partial charge in [0.2, 0.25) is 5.91 Å². The van der Waals surface area contributed by atoms with Crippen LogP contribution in [0.5, 0.6) is 0 Å². The Morgan fingerprint density at radius 2 is 2.00 bits per heavy atom. The van der Waals surface area contributed by atoms with Crippen LogP contribution in [0.4, 0.5) is 5.69 Å². The number of para-hydroxylation sites is 1. The number of rotatable bonds is 5. The maximum atomic E-state index is 13.2. The van der Waals surface area contributed by atoms with Crippen molar-refractivity contribution in [2.45, 2.75) is 12.1 Å². The Hall–Kier alpha value is -2.61. The lowest BCUT2D eigenvalue weighted by atomic mass is 10.2. The van der Waals surface area contributed by atoms with Crippen LogP contribution in [0, 0.1) is 6.92 Å². The largest absolute Gasteiger partial charge is 0.315 e. The van der Waals surface area contributed by atoms with E-state index in [0.717, 1.165) is 11.3 Å². The van der Waals surface area contributed by atoms with Crippen molar-refractivity contribution in [2.24, 2.45) is 0 Å². The SMILES string of the molecule is Cc1cccc(N(C)C(=O)CSc2nc3ccsc3c(=O)n2-c2ccccc2Cl)c1. The van der Waals surface area contributed by atoms with Gasteiger partial charge in [-0.3, -0.25) is 14.2 Å². The lowest BCUT2D eigenvalue weighted by Gasteiger charge is -2.18. The molecular weight excluding hydrogens is 438 g/mol. The zero-order valence-electron chi connectivity index (χ0n) is 16.3. The first kappa shape index (κ1) is 20.7. The summed E-state index contributed by atoms with van der Waals surface area (Å²) in [5.41, 5.74) is 2.89. The minimum atomic E-state index is -0.190. The smallest absolute Gasteiger partial charge is 0.276 e. The van der Waals surface area contributed by atoms with Gasteiger partial charge in [-0.25, -0.2) is 4.98 Å². The highest BCUT2D eigenvalue weighted by molar-refractivity contribution is 7.99. The van der Waals surface area contributed by atoms with Crippen molar-refractivity contribution >= 4 is 56.5 Å². The van der Waals surface area contributed by atoms with Crippen LogP contribution < -0.4 is 10.5 Å². The molecule has 2 aromatic heterocycles. The Bertz CT molecular complexity index is 1300. The molecule has 2 heterocycles. The number of nitrogens with zero attached hydrogens (tertiary/aromatic N) is 3. The molecule has 0 aliphatic rings. The standard InChI is InChI=1S/C22H18ClN3O2S2/c1-14-6-5-7-15(12-14)25(2)19(27)13-30-22-24-17-10-11-29-20(17)21(28)26(22)18-9-4-3-8-16(18)23/h3-12H,13H2,1-2H3. The number of thioether (sulfide) groups is 1. The zero-order chi connectivity index (χ0) is 21.3. The fraction of sp³-hybridized carbons (Fsp3) is 0.136. The highest BCUT2D eigenvalue weighted by atomic mass is 35.5. The number of aryl methyl sites for hydroxylation is 1. The van der Waals surface area contributed by atoms with Gasteiger partial charge in [-0.15, -0.1) is 11.3 Å². The third kappa shape index (κ3) is 4.01. The molecule has 0 bridgehead atoms. The molecule has 1 amide bonds. The van der Waals surface area contributed by atoms with Crippen LogP contribution in [0.1, 0.15) is 5.56 Å². The highest BCUT2D eigenvalue weighted by Gasteiger charge is 2.18. The first-order valence-corrected chi connectivity index (χ1v) is 11.4. The summed E-state index contributed by atoms with van der Waals surface area (Å²) < 4.78 is 2.05. The van der Waals surface area contributed by atoms with Gasteiger partial charge >= 0.3 is 0 Å². The summed E-state index contributed by atoms with van der Waals surface area (Å²) in [5, 5.41) is 2.72. The number of anilines is 1.